The predicted octanol–water partition coefficient (Wildman–Crippen LogP) is 1.44. The summed E-state index contributed by atoms with van der Waals surface area (Å²) in [5.74, 6) is 0. The number of aliphatic hydroxyl groups excluding tert-OH is 1. The molecule has 0 radical (unpaired) electrons. The van der Waals surface area contributed by atoms with Crippen LogP contribution in [0.25, 0.3) is 0 Å². The van der Waals surface area contributed by atoms with Crippen molar-refractivity contribution >= 4 is 0 Å². The van der Waals surface area contributed by atoms with Gasteiger partial charge < -0.3 is 10.4 Å². The second-order valence-electron chi connectivity index (χ2n) is 7.45. The van der Waals surface area contributed by atoms with Crippen LogP contribution in [0.4, 0.5) is 0 Å². The van der Waals surface area contributed by atoms with Gasteiger partial charge in [0.15, 0.2) is 0 Å². The average Bonchev–Trinajstić information content (AvgIpc) is 3.09. The molecule has 0 aromatic carbocycles. The minimum Gasteiger partial charge on any atom is -0.394 e. The summed E-state index contributed by atoms with van der Waals surface area (Å²) in [4.78, 5) is 5.44. The van der Waals surface area contributed by atoms with Crippen molar-refractivity contribution in [3.8, 4) is 0 Å². The molecule has 21 heavy (non-hydrogen) atoms. The van der Waals surface area contributed by atoms with Crippen molar-refractivity contribution in [3.63, 3.8) is 0 Å². The molecule has 122 valence electrons. The van der Waals surface area contributed by atoms with Crippen LogP contribution >= 0.6 is 0 Å². The van der Waals surface area contributed by atoms with E-state index in [1.54, 1.807) is 0 Å². The zero-order chi connectivity index (χ0) is 14.7. The van der Waals surface area contributed by atoms with Crippen LogP contribution in [0.5, 0.6) is 0 Å². The summed E-state index contributed by atoms with van der Waals surface area (Å²) >= 11 is 0. The fourth-order valence-corrected chi connectivity index (χ4v) is 4.83. The van der Waals surface area contributed by atoms with Gasteiger partial charge in [0.05, 0.1) is 6.61 Å². The molecule has 1 saturated heterocycles. The predicted molar refractivity (Wildman–Crippen MR) is 86.5 cm³/mol. The quantitative estimate of drug-likeness (QED) is 0.823. The molecule has 0 bridgehead atoms. The fraction of sp³-hybridized carbons (Fsp3) is 1.00. The van der Waals surface area contributed by atoms with Gasteiger partial charge in [-0.25, -0.2) is 0 Å². The van der Waals surface area contributed by atoms with Gasteiger partial charge in [0.1, 0.15) is 0 Å². The van der Waals surface area contributed by atoms with E-state index >= 15 is 0 Å². The van der Waals surface area contributed by atoms with Crippen molar-refractivity contribution in [3.05, 3.63) is 0 Å². The Morgan fingerprint density at radius 3 is 2.10 bits per heavy atom. The molecule has 3 rings (SSSR count). The summed E-state index contributed by atoms with van der Waals surface area (Å²) in [6.07, 6.45) is 10.5. The number of nitrogens with one attached hydrogen (secondary N) is 1. The molecule has 0 aromatic heterocycles. The fourth-order valence-electron chi connectivity index (χ4n) is 4.83. The standard InChI is InChI=1S/C17H33N3O/c1-18-17(14-21)8-4-7-16(13-17)20-11-9-19(10-12-20)15-5-2-3-6-15/h15-16,18,21H,2-14H2,1H3. The SMILES string of the molecule is CNC1(CO)CCCC(N2CCN(C3CCCC3)CC2)C1. The number of likely N-dealkylation sites (N-methyl/N-ethyl adjacent to an activating group) is 1. The molecule has 0 aromatic rings. The molecule has 3 fully saturated rings. The van der Waals surface area contributed by atoms with Gasteiger partial charge in [0.25, 0.3) is 0 Å². The number of hydrogen-bond acceptors (Lipinski definition) is 4. The van der Waals surface area contributed by atoms with Gasteiger partial charge in [0.2, 0.25) is 0 Å². The summed E-state index contributed by atoms with van der Waals surface area (Å²) in [5.41, 5.74) is -0.0223. The molecule has 3 aliphatic rings. The van der Waals surface area contributed by atoms with Crippen molar-refractivity contribution in [1.82, 2.24) is 15.1 Å². The van der Waals surface area contributed by atoms with E-state index in [9.17, 15) is 5.11 Å². The zero-order valence-electron chi connectivity index (χ0n) is 13.7. The summed E-state index contributed by atoms with van der Waals surface area (Å²) in [7, 11) is 2.01. The highest BCUT2D eigenvalue weighted by molar-refractivity contribution is 4.96. The van der Waals surface area contributed by atoms with E-state index in [0.717, 1.165) is 18.9 Å². The maximum atomic E-state index is 9.75. The molecular weight excluding hydrogens is 262 g/mol. The van der Waals surface area contributed by atoms with Gasteiger partial charge in [-0.15, -0.1) is 0 Å². The molecule has 2 saturated carbocycles. The third-order valence-corrected chi connectivity index (χ3v) is 6.36. The van der Waals surface area contributed by atoms with Crippen molar-refractivity contribution in [1.29, 1.82) is 0 Å². The lowest BCUT2D eigenvalue weighted by atomic mass is 9.79. The monoisotopic (exact) mass is 295 g/mol. The maximum absolute atomic E-state index is 9.75. The first-order chi connectivity index (χ1) is 10.3. The minimum atomic E-state index is -0.0223. The van der Waals surface area contributed by atoms with E-state index in [0.29, 0.717) is 6.04 Å². The summed E-state index contributed by atoms with van der Waals surface area (Å²) in [6.45, 7) is 5.25. The minimum absolute atomic E-state index is 0.0223. The van der Waals surface area contributed by atoms with Crippen LogP contribution in [0.3, 0.4) is 0 Å². The van der Waals surface area contributed by atoms with Crippen LogP contribution < -0.4 is 5.32 Å². The molecule has 4 heteroatoms. The molecule has 1 aliphatic heterocycles. The van der Waals surface area contributed by atoms with Crippen LogP contribution in [0, 0.1) is 0 Å². The molecule has 1 heterocycles. The summed E-state index contributed by atoms with van der Waals surface area (Å²) in [6, 6.07) is 1.55. The Bertz CT molecular complexity index is 318. The molecule has 2 aliphatic carbocycles. The molecule has 2 atom stereocenters. The highest BCUT2D eigenvalue weighted by atomic mass is 16.3. The van der Waals surface area contributed by atoms with Crippen molar-refractivity contribution < 1.29 is 5.11 Å². The average molecular weight is 295 g/mol. The van der Waals surface area contributed by atoms with E-state index < -0.39 is 0 Å². The van der Waals surface area contributed by atoms with Crippen LogP contribution in [-0.2, 0) is 0 Å². The number of aliphatic hydroxyl groups is 1. The van der Waals surface area contributed by atoms with E-state index in [4.69, 9.17) is 0 Å². The van der Waals surface area contributed by atoms with Gasteiger partial charge in [-0.05, 0) is 45.6 Å². The number of hydrogen-bond donors (Lipinski definition) is 2. The van der Waals surface area contributed by atoms with Crippen LogP contribution in [0.1, 0.15) is 51.4 Å². The number of nitrogens with zero attached hydrogens (tertiary/aromatic N) is 2. The maximum Gasteiger partial charge on any atom is 0.0613 e. The Kier molecular flexibility index (Phi) is 5.20. The lowest BCUT2D eigenvalue weighted by Gasteiger charge is -2.47. The van der Waals surface area contributed by atoms with Crippen LogP contribution in [-0.4, -0.2) is 72.4 Å². The highest BCUT2D eigenvalue weighted by Gasteiger charge is 2.38. The van der Waals surface area contributed by atoms with Gasteiger partial charge in [-0.2, -0.15) is 0 Å². The van der Waals surface area contributed by atoms with E-state index in [1.165, 1.54) is 64.7 Å². The van der Waals surface area contributed by atoms with Gasteiger partial charge in [-0.3, -0.25) is 9.80 Å². The molecule has 2 N–H and O–H groups in total. The van der Waals surface area contributed by atoms with Crippen molar-refractivity contribution in [2.75, 3.05) is 39.8 Å². The first-order valence-corrected chi connectivity index (χ1v) is 9.04. The first kappa shape index (κ1) is 15.7. The second-order valence-corrected chi connectivity index (χ2v) is 7.45. The van der Waals surface area contributed by atoms with Gasteiger partial charge >= 0.3 is 0 Å². The third kappa shape index (κ3) is 3.44. The Hall–Kier alpha value is -0.160. The number of rotatable bonds is 4. The Morgan fingerprint density at radius 2 is 1.52 bits per heavy atom. The smallest absolute Gasteiger partial charge is 0.0613 e. The second kappa shape index (κ2) is 6.95. The Morgan fingerprint density at radius 1 is 0.952 bits per heavy atom. The van der Waals surface area contributed by atoms with E-state index in [2.05, 4.69) is 15.1 Å². The zero-order valence-corrected chi connectivity index (χ0v) is 13.7. The van der Waals surface area contributed by atoms with Crippen LogP contribution in [0.2, 0.25) is 0 Å². The van der Waals surface area contributed by atoms with Crippen molar-refractivity contribution in [2.24, 2.45) is 0 Å². The molecular formula is C17H33N3O. The number of piperazine rings is 1. The van der Waals surface area contributed by atoms with E-state index in [-0.39, 0.29) is 12.1 Å². The Labute approximate surface area is 129 Å². The van der Waals surface area contributed by atoms with Gasteiger partial charge in [-0.1, -0.05) is 12.8 Å². The normalized spacial score (nSPS) is 37.1. The lowest BCUT2D eigenvalue weighted by molar-refractivity contribution is 0.0251. The molecule has 2 unspecified atom stereocenters. The van der Waals surface area contributed by atoms with E-state index in [1.807, 2.05) is 7.05 Å². The van der Waals surface area contributed by atoms with Crippen molar-refractivity contribution in [2.45, 2.75) is 69.0 Å². The summed E-state index contributed by atoms with van der Waals surface area (Å²) < 4.78 is 0. The molecule has 0 spiro atoms. The Balaban J connectivity index is 1.51. The topological polar surface area (TPSA) is 38.7 Å². The molecule has 0 amide bonds. The first-order valence-electron chi connectivity index (χ1n) is 9.04. The van der Waals surface area contributed by atoms with Gasteiger partial charge in [0, 0.05) is 43.8 Å². The third-order valence-electron chi connectivity index (χ3n) is 6.36. The summed E-state index contributed by atoms with van der Waals surface area (Å²) in [5, 5.41) is 13.2. The lowest BCUT2D eigenvalue weighted by Crippen LogP contribution is -2.58. The molecule has 4 nitrogen and oxygen atoms in total. The largest absolute Gasteiger partial charge is 0.394 e. The van der Waals surface area contributed by atoms with Crippen LogP contribution in [0.15, 0.2) is 0 Å². The highest BCUT2D eigenvalue weighted by Crippen LogP contribution is 2.32.